The van der Waals surface area contributed by atoms with Crippen LogP contribution in [0, 0.1) is 0 Å². The molecule has 0 aliphatic carbocycles. The van der Waals surface area contributed by atoms with Crippen LogP contribution >= 0.6 is 21.6 Å². The van der Waals surface area contributed by atoms with Crippen LogP contribution in [-0.2, 0) is 11.2 Å². The summed E-state index contributed by atoms with van der Waals surface area (Å²) < 4.78 is 4.76. The smallest absolute Gasteiger partial charge is 0.304 e. The Morgan fingerprint density at radius 1 is 1.42 bits per heavy atom. The third-order valence-electron chi connectivity index (χ3n) is 2.19. The van der Waals surface area contributed by atoms with Gasteiger partial charge in [0.05, 0.1) is 6.42 Å². The van der Waals surface area contributed by atoms with Gasteiger partial charge < -0.3 is 14.9 Å². The number of amides is 1. The molecule has 1 aromatic heterocycles. The minimum Gasteiger partial charge on any atom is -0.481 e. The van der Waals surface area contributed by atoms with Gasteiger partial charge >= 0.3 is 5.97 Å². The number of carbonyl (C=O) groups excluding carboxylic acids is 1. The van der Waals surface area contributed by atoms with E-state index < -0.39 is 5.97 Å². The van der Waals surface area contributed by atoms with Gasteiger partial charge in [0, 0.05) is 23.6 Å². The van der Waals surface area contributed by atoms with E-state index in [9.17, 15) is 9.59 Å². The van der Waals surface area contributed by atoms with E-state index >= 15 is 0 Å². The van der Waals surface area contributed by atoms with Crippen molar-refractivity contribution in [3.8, 4) is 0 Å². The zero-order valence-electron chi connectivity index (χ0n) is 10.5. The highest BCUT2D eigenvalue weighted by molar-refractivity contribution is 8.76. The Bertz CT molecular complexity index is 423. The minimum absolute atomic E-state index is 0.156. The number of aromatic nitrogens is 1. The van der Waals surface area contributed by atoms with Gasteiger partial charge in [0.1, 0.15) is 6.26 Å². The van der Waals surface area contributed by atoms with Gasteiger partial charge in [-0.3, -0.25) is 9.59 Å². The van der Waals surface area contributed by atoms with E-state index in [1.54, 1.807) is 0 Å². The Balaban J connectivity index is 2.13. The van der Waals surface area contributed by atoms with Gasteiger partial charge in [0.2, 0.25) is 0 Å². The van der Waals surface area contributed by atoms with Gasteiger partial charge in [-0.25, -0.2) is 0 Å². The fraction of sp³-hybridized carbons (Fsp3) is 0.545. The number of carboxylic acids is 1. The maximum Gasteiger partial charge on any atom is 0.304 e. The molecule has 0 saturated carbocycles. The molecule has 0 aliphatic heterocycles. The van der Waals surface area contributed by atoms with Crippen molar-refractivity contribution in [1.82, 2.24) is 10.5 Å². The number of carboxylic acid groups (broad SMARTS) is 1. The molecule has 106 valence electrons. The summed E-state index contributed by atoms with van der Waals surface area (Å²) in [5.74, 6) is 0.258. The molecule has 1 rings (SSSR count). The van der Waals surface area contributed by atoms with Crippen molar-refractivity contribution < 1.29 is 19.2 Å². The van der Waals surface area contributed by atoms with E-state index in [0.717, 1.165) is 11.3 Å². The molecule has 0 saturated heterocycles. The largest absolute Gasteiger partial charge is 0.481 e. The third kappa shape index (κ3) is 6.02. The summed E-state index contributed by atoms with van der Waals surface area (Å²) in [5, 5.41) is 14.9. The second-order valence-corrected chi connectivity index (χ2v) is 6.29. The predicted octanol–water partition coefficient (Wildman–Crippen LogP) is 1.82. The molecule has 0 radical (unpaired) electrons. The minimum atomic E-state index is -0.792. The maximum absolute atomic E-state index is 11.7. The number of hydrogen-bond donors (Lipinski definition) is 2. The van der Waals surface area contributed by atoms with Crippen molar-refractivity contribution in [2.75, 3.05) is 18.1 Å². The second kappa shape index (κ2) is 8.87. The standard InChI is InChI=1S/C11H16N2O4S2/c1-2-8-7-17-13-10(8)11(16)12-4-6-19-18-5-3-9(14)15/h7H,2-6H2,1H3,(H,12,16)(H,14,15). The first kappa shape index (κ1) is 15.9. The molecule has 1 amide bonds. The van der Waals surface area contributed by atoms with Crippen molar-refractivity contribution in [3.05, 3.63) is 17.5 Å². The van der Waals surface area contributed by atoms with E-state index in [0.29, 0.717) is 24.4 Å². The van der Waals surface area contributed by atoms with Crippen molar-refractivity contribution in [3.63, 3.8) is 0 Å². The number of nitrogens with one attached hydrogen (secondary N) is 1. The fourth-order valence-corrected chi connectivity index (χ4v) is 3.12. The lowest BCUT2D eigenvalue weighted by Crippen LogP contribution is -2.26. The molecule has 0 bridgehead atoms. The Labute approximate surface area is 119 Å². The van der Waals surface area contributed by atoms with Crippen molar-refractivity contribution >= 4 is 33.5 Å². The van der Waals surface area contributed by atoms with Crippen LogP contribution in [0.4, 0.5) is 0 Å². The number of aliphatic carboxylic acids is 1. The maximum atomic E-state index is 11.7. The average Bonchev–Trinajstić information content (AvgIpc) is 2.85. The van der Waals surface area contributed by atoms with Crippen LogP contribution in [0.2, 0.25) is 0 Å². The Hall–Kier alpha value is -1.15. The molecule has 19 heavy (non-hydrogen) atoms. The molecule has 0 unspecified atom stereocenters. The normalized spacial score (nSPS) is 10.4. The van der Waals surface area contributed by atoms with Gasteiger partial charge in [0.15, 0.2) is 5.69 Å². The molecule has 0 atom stereocenters. The van der Waals surface area contributed by atoms with E-state index in [1.165, 1.54) is 27.9 Å². The molecular formula is C11H16N2O4S2. The van der Waals surface area contributed by atoms with Crippen LogP contribution in [0.15, 0.2) is 10.8 Å². The molecule has 8 heteroatoms. The highest BCUT2D eigenvalue weighted by Crippen LogP contribution is 2.21. The molecule has 0 aliphatic rings. The Morgan fingerprint density at radius 3 is 2.84 bits per heavy atom. The van der Waals surface area contributed by atoms with Crippen molar-refractivity contribution in [1.29, 1.82) is 0 Å². The highest BCUT2D eigenvalue weighted by atomic mass is 33.1. The van der Waals surface area contributed by atoms with E-state index in [4.69, 9.17) is 9.63 Å². The average molecular weight is 304 g/mol. The molecule has 0 aromatic carbocycles. The lowest BCUT2D eigenvalue weighted by atomic mass is 10.2. The van der Waals surface area contributed by atoms with Crippen LogP contribution in [-0.4, -0.2) is 40.2 Å². The molecule has 1 heterocycles. The van der Waals surface area contributed by atoms with Gasteiger partial charge in [0.25, 0.3) is 5.91 Å². The zero-order chi connectivity index (χ0) is 14.1. The number of carbonyl (C=O) groups is 2. The Kier molecular flexibility index (Phi) is 7.42. The lowest BCUT2D eigenvalue weighted by molar-refractivity contribution is -0.136. The van der Waals surface area contributed by atoms with Crippen molar-refractivity contribution in [2.45, 2.75) is 19.8 Å². The molecule has 2 N–H and O–H groups in total. The van der Waals surface area contributed by atoms with E-state index in [-0.39, 0.29) is 12.3 Å². The van der Waals surface area contributed by atoms with Gasteiger partial charge in [-0.15, -0.1) is 0 Å². The third-order valence-corrected chi connectivity index (χ3v) is 4.60. The summed E-state index contributed by atoms with van der Waals surface area (Å²) in [4.78, 5) is 22.0. The summed E-state index contributed by atoms with van der Waals surface area (Å²) in [6.07, 6.45) is 2.33. The summed E-state index contributed by atoms with van der Waals surface area (Å²) in [5.41, 5.74) is 1.13. The van der Waals surface area contributed by atoms with Crippen LogP contribution in [0.5, 0.6) is 0 Å². The first-order chi connectivity index (χ1) is 9.15. The van der Waals surface area contributed by atoms with Crippen molar-refractivity contribution in [2.24, 2.45) is 0 Å². The monoisotopic (exact) mass is 304 g/mol. The van der Waals surface area contributed by atoms with Crippen LogP contribution < -0.4 is 5.32 Å². The lowest BCUT2D eigenvalue weighted by Gasteiger charge is -2.03. The second-order valence-electron chi connectivity index (χ2n) is 3.59. The summed E-state index contributed by atoms with van der Waals surface area (Å²) in [6.45, 7) is 2.44. The van der Waals surface area contributed by atoms with Gasteiger partial charge in [-0.05, 0) is 6.42 Å². The molecule has 6 nitrogen and oxygen atoms in total. The van der Waals surface area contributed by atoms with E-state index in [1.807, 2.05) is 6.92 Å². The first-order valence-electron chi connectivity index (χ1n) is 5.82. The van der Waals surface area contributed by atoms with Gasteiger partial charge in [-0.2, -0.15) is 0 Å². The predicted molar refractivity (Wildman–Crippen MR) is 75.4 cm³/mol. The highest BCUT2D eigenvalue weighted by Gasteiger charge is 2.14. The fourth-order valence-electron chi connectivity index (χ4n) is 1.23. The SMILES string of the molecule is CCc1conc1C(=O)NCCSSCCC(=O)O. The first-order valence-corrected chi connectivity index (χ1v) is 8.31. The summed E-state index contributed by atoms with van der Waals surface area (Å²) in [6, 6.07) is 0. The quantitative estimate of drug-likeness (QED) is 0.531. The number of aryl methyl sites for hydroxylation is 1. The molecular weight excluding hydrogens is 288 g/mol. The molecule has 0 fully saturated rings. The van der Waals surface area contributed by atoms with E-state index in [2.05, 4.69) is 10.5 Å². The Morgan fingerprint density at radius 2 is 2.16 bits per heavy atom. The van der Waals surface area contributed by atoms with Gasteiger partial charge in [-0.1, -0.05) is 33.7 Å². The van der Waals surface area contributed by atoms with Crippen LogP contribution in [0.1, 0.15) is 29.4 Å². The molecule has 0 spiro atoms. The number of rotatable bonds is 9. The zero-order valence-corrected chi connectivity index (χ0v) is 12.2. The number of nitrogens with zero attached hydrogens (tertiary/aromatic N) is 1. The van der Waals surface area contributed by atoms with Crippen LogP contribution in [0.25, 0.3) is 0 Å². The number of hydrogen-bond acceptors (Lipinski definition) is 6. The molecule has 1 aromatic rings. The summed E-state index contributed by atoms with van der Waals surface area (Å²) >= 11 is 0. The summed E-state index contributed by atoms with van der Waals surface area (Å²) in [7, 11) is 3.03. The van der Waals surface area contributed by atoms with Crippen LogP contribution in [0.3, 0.4) is 0 Å². The topological polar surface area (TPSA) is 92.4 Å².